The van der Waals surface area contributed by atoms with Crippen molar-refractivity contribution < 1.29 is 14.4 Å². The van der Waals surface area contributed by atoms with Crippen LogP contribution >= 0.6 is 0 Å². The predicted octanol–water partition coefficient (Wildman–Crippen LogP) is 7.02. The van der Waals surface area contributed by atoms with Crippen molar-refractivity contribution in [2.24, 2.45) is 0 Å². The summed E-state index contributed by atoms with van der Waals surface area (Å²) >= 11 is 0. The lowest BCUT2D eigenvalue weighted by atomic mass is 9.78. The van der Waals surface area contributed by atoms with Gasteiger partial charge in [-0.1, -0.05) is 77.6 Å². The van der Waals surface area contributed by atoms with Crippen LogP contribution in [0.25, 0.3) is 0 Å². The van der Waals surface area contributed by atoms with Crippen LogP contribution in [-0.4, -0.2) is 29.0 Å². The third kappa shape index (κ3) is 8.20. The van der Waals surface area contributed by atoms with Crippen LogP contribution in [0.1, 0.15) is 126 Å². The fourth-order valence-corrected chi connectivity index (χ4v) is 3.81. The Morgan fingerprint density at radius 1 is 0.821 bits per heavy atom. The van der Waals surface area contributed by atoms with Gasteiger partial charge in [-0.15, -0.1) is 0 Å². The van der Waals surface area contributed by atoms with Crippen LogP contribution in [0.5, 0.6) is 0 Å². The summed E-state index contributed by atoms with van der Waals surface area (Å²) in [6.07, 6.45) is 14.0. The highest BCUT2D eigenvalue weighted by Gasteiger charge is 2.50. The summed E-state index contributed by atoms with van der Waals surface area (Å²) in [6, 6.07) is 0. The molecule has 0 aromatic heterocycles. The van der Waals surface area contributed by atoms with Crippen molar-refractivity contribution in [2.45, 2.75) is 142 Å². The van der Waals surface area contributed by atoms with Gasteiger partial charge in [0.1, 0.15) is 0 Å². The molecule has 1 N–H and O–H groups in total. The molecule has 4 heteroatoms. The maximum Gasteiger partial charge on any atom is 0.487 e. The van der Waals surface area contributed by atoms with E-state index in [0.717, 1.165) is 31.3 Å². The molecule has 0 aromatic carbocycles. The molecule has 1 fully saturated rings. The molecule has 0 saturated carbocycles. The second-order valence-corrected chi connectivity index (χ2v) is 9.92. The van der Waals surface area contributed by atoms with Gasteiger partial charge in [-0.3, -0.25) is 0 Å². The molecular formula is C24H47BO3. The molecule has 1 heterocycles. The van der Waals surface area contributed by atoms with E-state index in [4.69, 9.17) is 9.31 Å². The van der Waals surface area contributed by atoms with E-state index in [2.05, 4.69) is 47.5 Å². The molecule has 0 aliphatic carbocycles. The van der Waals surface area contributed by atoms with E-state index >= 15 is 0 Å². The summed E-state index contributed by atoms with van der Waals surface area (Å²) in [6.45, 7) is 14.8. The Kier molecular flexibility index (Phi) is 10.8. The topological polar surface area (TPSA) is 38.7 Å². The van der Waals surface area contributed by atoms with Gasteiger partial charge in [0.05, 0.1) is 16.8 Å². The minimum absolute atomic E-state index is 0.341. The van der Waals surface area contributed by atoms with Crippen LogP contribution in [-0.2, 0) is 9.31 Å². The van der Waals surface area contributed by atoms with E-state index in [-0.39, 0.29) is 18.3 Å². The summed E-state index contributed by atoms with van der Waals surface area (Å²) in [5.41, 5.74) is -0.363. The zero-order valence-electron chi connectivity index (χ0n) is 19.9. The van der Waals surface area contributed by atoms with Crippen molar-refractivity contribution in [1.82, 2.24) is 0 Å². The lowest BCUT2D eigenvalue weighted by molar-refractivity contribution is 0.00578. The van der Waals surface area contributed by atoms with E-state index < -0.39 is 5.60 Å². The fourth-order valence-electron chi connectivity index (χ4n) is 3.81. The Balaban J connectivity index is 2.76. The van der Waals surface area contributed by atoms with Crippen LogP contribution in [0.15, 0.2) is 11.5 Å². The maximum atomic E-state index is 11.3. The first-order valence-corrected chi connectivity index (χ1v) is 11.8. The predicted molar refractivity (Wildman–Crippen MR) is 122 cm³/mol. The molecule has 0 radical (unpaired) electrons. The van der Waals surface area contributed by atoms with Crippen LogP contribution in [0.2, 0.25) is 0 Å². The molecule has 1 atom stereocenters. The quantitative estimate of drug-likeness (QED) is 0.254. The van der Waals surface area contributed by atoms with Crippen molar-refractivity contribution in [3.8, 4) is 0 Å². The van der Waals surface area contributed by atoms with Gasteiger partial charge >= 0.3 is 7.12 Å². The van der Waals surface area contributed by atoms with Crippen LogP contribution < -0.4 is 0 Å². The summed E-state index contributed by atoms with van der Waals surface area (Å²) in [5, 5.41) is 11.3. The third-order valence-electron chi connectivity index (χ3n) is 6.62. The van der Waals surface area contributed by atoms with E-state index in [0.29, 0.717) is 0 Å². The van der Waals surface area contributed by atoms with Gasteiger partial charge < -0.3 is 14.4 Å². The van der Waals surface area contributed by atoms with Gasteiger partial charge in [0.15, 0.2) is 0 Å². The highest BCUT2D eigenvalue weighted by Crippen LogP contribution is 2.38. The van der Waals surface area contributed by atoms with Crippen molar-refractivity contribution in [2.75, 3.05) is 0 Å². The number of hydrogen-bond donors (Lipinski definition) is 1. The number of aliphatic hydroxyl groups is 1. The average molecular weight is 394 g/mol. The average Bonchev–Trinajstić information content (AvgIpc) is 2.80. The Morgan fingerprint density at radius 2 is 1.29 bits per heavy atom. The van der Waals surface area contributed by atoms with Crippen LogP contribution in [0.4, 0.5) is 0 Å². The Labute approximate surface area is 175 Å². The first-order chi connectivity index (χ1) is 13.1. The molecule has 0 amide bonds. The van der Waals surface area contributed by atoms with Crippen molar-refractivity contribution in [3.05, 3.63) is 11.5 Å². The molecule has 1 saturated heterocycles. The highest BCUT2D eigenvalue weighted by atomic mass is 16.7. The van der Waals surface area contributed by atoms with Gasteiger partial charge in [0.25, 0.3) is 0 Å². The largest absolute Gasteiger partial charge is 0.487 e. The normalized spacial score (nSPS) is 21.1. The van der Waals surface area contributed by atoms with E-state index in [9.17, 15) is 5.11 Å². The number of hydrogen-bond acceptors (Lipinski definition) is 3. The van der Waals surface area contributed by atoms with Crippen molar-refractivity contribution >= 4 is 7.12 Å². The number of unbranched alkanes of at least 4 members (excludes halogenated alkanes) is 8. The maximum absolute atomic E-state index is 11.3. The molecule has 1 unspecified atom stereocenters. The Bertz CT molecular complexity index is 452. The van der Waals surface area contributed by atoms with Gasteiger partial charge in [-0.05, 0) is 59.5 Å². The summed E-state index contributed by atoms with van der Waals surface area (Å²) in [5.74, 6) is 2.07. The minimum atomic E-state index is -0.777. The van der Waals surface area contributed by atoms with Crippen LogP contribution in [0, 0.1) is 0 Å². The van der Waals surface area contributed by atoms with Crippen LogP contribution in [0.3, 0.4) is 0 Å². The van der Waals surface area contributed by atoms with Gasteiger partial charge in [0, 0.05) is 0 Å². The smallest absolute Gasteiger partial charge is 0.400 e. The molecule has 164 valence electrons. The summed E-state index contributed by atoms with van der Waals surface area (Å²) in [4.78, 5) is 0. The molecule has 3 nitrogen and oxygen atoms in total. The minimum Gasteiger partial charge on any atom is -0.400 e. The van der Waals surface area contributed by atoms with E-state index in [1.165, 1.54) is 51.4 Å². The lowest BCUT2D eigenvalue weighted by Crippen LogP contribution is -2.41. The van der Waals surface area contributed by atoms with E-state index in [1.54, 1.807) is 0 Å². The SMILES string of the molecule is CCCCCCCC/C(=C\B1OC(C)(C)C(C)(C)O1)C(C)(O)CCCCCC. The molecule has 1 aliphatic rings. The standard InChI is InChI=1S/C24H47BO3/c1-8-10-12-14-15-16-18-21(24(7,26)19-17-13-11-9-2)20-25-27-22(3,4)23(5,6)28-25/h20,26H,8-19H2,1-7H3/b21-20+. The summed E-state index contributed by atoms with van der Waals surface area (Å²) < 4.78 is 12.4. The van der Waals surface area contributed by atoms with Crippen molar-refractivity contribution in [3.63, 3.8) is 0 Å². The first kappa shape index (κ1) is 25.7. The zero-order valence-corrected chi connectivity index (χ0v) is 19.9. The highest BCUT2D eigenvalue weighted by molar-refractivity contribution is 6.51. The molecular weight excluding hydrogens is 347 g/mol. The Hall–Kier alpha value is -0.315. The zero-order chi connectivity index (χ0) is 21.3. The lowest BCUT2D eigenvalue weighted by Gasteiger charge is -2.32. The van der Waals surface area contributed by atoms with Crippen molar-refractivity contribution in [1.29, 1.82) is 0 Å². The third-order valence-corrected chi connectivity index (χ3v) is 6.62. The monoisotopic (exact) mass is 394 g/mol. The Morgan fingerprint density at radius 3 is 1.82 bits per heavy atom. The fraction of sp³-hybridized carbons (Fsp3) is 0.917. The number of rotatable bonds is 14. The first-order valence-electron chi connectivity index (χ1n) is 11.8. The molecule has 1 rings (SSSR count). The summed E-state index contributed by atoms with van der Waals surface area (Å²) in [7, 11) is -0.373. The molecule has 0 aromatic rings. The second-order valence-electron chi connectivity index (χ2n) is 9.92. The molecule has 0 bridgehead atoms. The molecule has 1 aliphatic heterocycles. The molecule has 28 heavy (non-hydrogen) atoms. The second kappa shape index (κ2) is 11.8. The van der Waals surface area contributed by atoms with Gasteiger partial charge in [0.2, 0.25) is 0 Å². The van der Waals surface area contributed by atoms with Gasteiger partial charge in [-0.25, -0.2) is 0 Å². The molecule has 0 spiro atoms. The van der Waals surface area contributed by atoms with E-state index in [1.807, 2.05) is 6.92 Å². The van der Waals surface area contributed by atoms with Gasteiger partial charge in [-0.2, -0.15) is 0 Å².